The lowest BCUT2D eigenvalue weighted by Crippen LogP contribution is -2.41. The number of anilines is 1. The Morgan fingerprint density at radius 3 is 2.46 bits per heavy atom. The van der Waals surface area contributed by atoms with Crippen molar-refractivity contribution in [3.8, 4) is 11.5 Å². The molecule has 8 heteroatoms. The van der Waals surface area contributed by atoms with Crippen LogP contribution in [0.5, 0.6) is 11.5 Å². The van der Waals surface area contributed by atoms with Gasteiger partial charge in [-0.05, 0) is 31.2 Å². The van der Waals surface area contributed by atoms with Gasteiger partial charge in [-0.25, -0.2) is 4.79 Å². The molecule has 0 aliphatic carbocycles. The molecule has 1 N–H and O–H groups in total. The molecule has 0 radical (unpaired) electrons. The minimum absolute atomic E-state index is 0.000523. The molecule has 0 saturated heterocycles. The lowest BCUT2D eigenvalue weighted by Gasteiger charge is -2.26. The van der Waals surface area contributed by atoms with E-state index in [1.807, 2.05) is 0 Å². The largest absolute Gasteiger partial charge is 0.485 e. The summed E-state index contributed by atoms with van der Waals surface area (Å²) in [5, 5.41) is 3.11. The summed E-state index contributed by atoms with van der Waals surface area (Å²) in [6.07, 6.45) is -2.03. The molecule has 1 aliphatic heterocycles. The van der Waals surface area contributed by atoms with Gasteiger partial charge in [-0.2, -0.15) is 0 Å². The van der Waals surface area contributed by atoms with Crippen LogP contribution < -0.4 is 14.8 Å². The minimum atomic E-state index is -1.07. The first kappa shape index (κ1) is 18.4. The highest BCUT2D eigenvalue weighted by molar-refractivity contribution is 6.39. The standard InChI is InChI=1S/C18H15Cl2NO5/c1-10(17(22)21-16-11(19)5-4-6-12(16)20)25-18(23)15-9-24-13-7-2-3-8-14(13)26-15/h2-8,10,15H,9H2,1H3,(H,21,22)/t10-,15+/m0/s1. The molecule has 6 nitrogen and oxygen atoms in total. The molecule has 2 aromatic rings. The highest BCUT2D eigenvalue weighted by Crippen LogP contribution is 2.32. The zero-order valence-corrected chi connectivity index (χ0v) is 15.2. The van der Waals surface area contributed by atoms with Crippen LogP contribution in [-0.4, -0.2) is 30.7 Å². The molecule has 136 valence electrons. The van der Waals surface area contributed by atoms with Crippen molar-refractivity contribution in [1.82, 2.24) is 0 Å². The average Bonchev–Trinajstić information content (AvgIpc) is 2.64. The van der Waals surface area contributed by atoms with E-state index < -0.39 is 24.1 Å². The van der Waals surface area contributed by atoms with E-state index in [-0.39, 0.29) is 22.3 Å². The lowest BCUT2D eigenvalue weighted by molar-refractivity contribution is -0.162. The molecule has 26 heavy (non-hydrogen) atoms. The molecule has 0 bridgehead atoms. The summed E-state index contributed by atoms with van der Waals surface area (Å²) in [5.74, 6) is -0.269. The van der Waals surface area contributed by atoms with Crippen molar-refractivity contribution in [3.63, 3.8) is 0 Å². The van der Waals surface area contributed by atoms with Gasteiger partial charge in [0.2, 0.25) is 6.10 Å². The molecule has 3 rings (SSSR count). The molecule has 1 amide bonds. The number of carbonyl (C=O) groups is 2. The maximum Gasteiger partial charge on any atom is 0.351 e. The molecule has 2 atom stereocenters. The second kappa shape index (κ2) is 7.85. The SMILES string of the molecule is C[C@H](OC(=O)[C@H]1COc2ccccc2O1)C(=O)Nc1c(Cl)cccc1Cl. The van der Waals surface area contributed by atoms with Crippen molar-refractivity contribution in [1.29, 1.82) is 0 Å². The molecular weight excluding hydrogens is 381 g/mol. The minimum Gasteiger partial charge on any atom is -0.485 e. The fourth-order valence-electron chi connectivity index (χ4n) is 2.28. The van der Waals surface area contributed by atoms with Crippen LogP contribution in [0.3, 0.4) is 0 Å². The topological polar surface area (TPSA) is 73.9 Å². The Balaban J connectivity index is 1.60. The van der Waals surface area contributed by atoms with Crippen molar-refractivity contribution in [2.75, 3.05) is 11.9 Å². The van der Waals surface area contributed by atoms with E-state index in [2.05, 4.69) is 5.32 Å². The zero-order valence-electron chi connectivity index (χ0n) is 13.7. The number of para-hydroxylation sites is 3. The van der Waals surface area contributed by atoms with Gasteiger partial charge in [0.05, 0.1) is 15.7 Å². The molecule has 2 aromatic carbocycles. The normalized spacial score (nSPS) is 16.5. The molecule has 0 aromatic heterocycles. The molecule has 0 saturated carbocycles. The van der Waals surface area contributed by atoms with Crippen molar-refractivity contribution < 1.29 is 23.8 Å². The number of amides is 1. The third kappa shape index (κ3) is 4.03. The number of benzene rings is 2. The van der Waals surface area contributed by atoms with Gasteiger partial charge in [-0.1, -0.05) is 41.4 Å². The van der Waals surface area contributed by atoms with E-state index in [4.69, 9.17) is 37.4 Å². The van der Waals surface area contributed by atoms with Crippen LogP contribution in [0.4, 0.5) is 5.69 Å². The van der Waals surface area contributed by atoms with Gasteiger partial charge in [0.1, 0.15) is 6.61 Å². The van der Waals surface area contributed by atoms with Crippen molar-refractivity contribution in [2.24, 2.45) is 0 Å². The number of hydrogen-bond acceptors (Lipinski definition) is 5. The number of fused-ring (bicyclic) bond motifs is 1. The quantitative estimate of drug-likeness (QED) is 0.798. The van der Waals surface area contributed by atoms with E-state index in [9.17, 15) is 9.59 Å². The Labute approximate surface area is 159 Å². The van der Waals surface area contributed by atoms with E-state index in [1.165, 1.54) is 6.92 Å². The number of esters is 1. The second-order valence-electron chi connectivity index (χ2n) is 5.53. The van der Waals surface area contributed by atoms with E-state index in [0.717, 1.165) is 0 Å². The predicted molar refractivity (Wildman–Crippen MR) is 97.0 cm³/mol. The Hall–Kier alpha value is -2.44. The fraction of sp³-hybridized carbons (Fsp3) is 0.222. The summed E-state index contributed by atoms with van der Waals surface area (Å²) >= 11 is 12.0. The first-order valence-corrected chi connectivity index (χ1v) is 8.55. The third-order valence-electron chi connectivity index (χ3n) is 3.64. The number of carbonyl (C=O) groups excluding carboxylic acids is 2. The molecule has 0 fully saturated rings. The summed E-state index contributed by atoms with van der Waals surface area (Å²) in [7, 11) is 0. The van der Waals surface area contributed by atoms with Crippen molar-refractivity contribution in [3.05, 3.63) is 52.5 Å². The van der Waals surface area contributed by atoms with E-state index >= 15 is 0 Å². The lowest BCUT2D eigenvalue weighted by atomic mass is 10.2. The fourth-order valence-corrected chi connectivity index (χ4v) is 2.77. The van der Waals surface area contributed by atoms with Gasteiger partial charge < -0.3 is 19.5 Å². The van der Waals surface area contributed by atoms with Crippen LogP contribution in [0.25, 0.3) is 0 Å². The van der Waals surface area contributed by atoms with Crippen LogP contribution >= 0.6 is 23.2 Å². The average molecular weight is 396 g/mol. The monoisotopic (exact) mass is 395 g/mol. The first-order valence-electron chi connectivity index (χ1n) is 7.79. The molecule has 0 spiro atoms. The summed E-state index contributed by atoms with van der Waals surface area (Å²) in [6.45, 7) is 1.44. The molecule has 1 aliphatic rings. The van der Waals surface area contributed by atoms with Crippen LogP contribution in [0, 0.1) is 0 Å². The van der Waals surface area contributed by atoms with Gasteiger partial charge in [0.15, 0.2) is 17.6 Å². The smallest absolute Gasteiger partial charge is 0.351 e. The molecule has 0 unspecified atom stereocenters. The van der Waals surface area contributed by atoms with Gasteiger partial charge in [0, 0.05) is 0 Å². The summed E-state index contributed by atoms with van der Waals surface area (Å²) in [5.41, 5.74) is 0.259. The van der Waals surface area contributed by atoms with Crippen LogP contribution in [0.2, 0.25) is 10.0 Å². The highest BCUT2D eigenvalue weighted by atomic mass is 35.5. The molecular formula is C18H15Cl2NO5. The highest BCUT2D eigenvalue weighted by Gasteiger charge is 2.31. The van der Waals surface area contributed by atoms with Gasteiger partial charge in [-0.3, -0.25) is 4.79 Å². The zero-order chi connectivity index (χ0) is 18.7. The van der Waals surface area contributed by atoms with Crippen LogP contribution in [0.15, 0.2) is 42.5 Å². The number of hydrogen-bond donors (Lipinski definition) is 1. The number of ether oxygens (including phenoxy) is 3. The van der Waals surface area contributed by atoms with Gasteiger partial charge in [-0.15, -0.1) is 0 Å². The Morgan fingerprint density at radius 1 is 1.12 bits per heavy atom. The number of rotatable bonds is 4. The number of halogens is 2. The summed E-state index contributed by atoms with van der Waals surface area (Å²) in [6, 6.07) is 11.8. The van der Waals surface area contributed by atoms with Gasteiger partial charge in [0.25, 0.3) is 5.91 Å². The summed E-state index contributed by atoms with van der Waals surface area (Å²) < 4.78 is 16.2. The maximum absolute atomic E-state index is 12.3. The third-order valence-corrected chi connectivity index (χ3v) is 4.27. The predicted octanol–water partition coefficient (Wildman–Crippen LogP) is 3.70. The van der Waals surface area contributed by atoms with Crippen LogP contribution in [-0.2, 0) is 14.3 Å². The molecule has 1 heterocycles. The first-order chi connectivity index (χ1) is 12.5. The van der Waals surface area contributed by atoms with Gasteiger partial charge >= 0.3 is 5.97 Å². The van der Waals surface area contributed by atoms with Crippen molar-refractivity contribution >= 4 is 40.8 Å². The maximum atomic E-state index is 12.3. The Bertz CT molecular complexity index is 822. The second-order valence-corrected chi connectivity index (χ2v) is 6.34. The van der Waals surface area contributed by atoms with E-state index in [0.29, 0.717) is 11.5 Å². The Kier molecular flexibility index (Phi) is 5.54. The van der Waals surface area contributed by atoms with Crippen molar-refractivity contribution in [2.45, 2.75) is 19.1 Å². The van der Waals surface area contributed by atoms with E-state index in [1.54, 1.807) is 42.5 Å². The number of nitrogens with one attached hydrogen (secondary N) is 1. The summed E-state index contributed by atoms with van der Waals surface area (Å²) in [4.78, 5) is 24.5. The van der Waals surface area contributed by atoms with Crippen LogP contribution in [0.1, 0.15) is 6.92 Å². The Morgan fingerprint density at radius 2 is 1.77 bits per heavy atom.